The number of fused-ring (bicyclic) bond motifs is 5. The standard InChI is InChI=1S/C27H29Cl3O5/c1-15-11-19-18-7-6-16-12-17(31)8-9-24(16,2)26(18,30)21(29)13-25(19,3)27(15,22(32)14-28)35-23(33)20-5-4-10-34-20/h4-5,8-10,12,15,18-19,21H,6-7,11,13-14H2,1-3H3/t15-,18?,19?,21?,24+,25+,26+,27+/m1/s1. The lowest BCUT2D eigenvalue weighted by Crippen LogP contribution is -2.68. The summed E-state index contributed by atoms with van der Waals surface area (Å²) in [6, 6.07) is 3.12. The van der Waals surface area contributed by atoms with Crippen LogP contribution in [0.1, 0.15) is 57.0 Å². The molecule has 8 heteroatoms. The van der Waals surface area contributed by atoms with Crippen molar-refractivity contribution in [3.63, 3.8) is 0 Å². The number of ether oxygens (including phenoxy) is 1. The highest BCUT2D eigenvalue weighted by molar-refractivity contribution is 6.34. The van der Waals surface area contributed by atoms with Crippen molar-refractivity contribution in [1.82, 2.24) is 0 Å². The van der Waals surface area contributed by atoms with E-state index in [1.807, 2.05) is 19.9 Å². The molecule has 3 fully saturated rings. The molecule has 1 aromatic heterocycles. The van der Waals surface area contributed by atoms with Crippen molar-refractivity contribution in [2.45, 2.75) is 62.3 Å². The van der Waals surface area contributed by atoms with E-state index in [0.717, 1.165) is 18.4 Å². The molecule has 188 valence electrons. The van der Waals surface area contributed by atoms with Crippen LogP contribution in [0.5, 0.6) is 0 Å². The summed E-state index contributed by atoms with van der Waals surface area (Å²) in [5, 5.41) is -0.544. The van der Waals surface area contributed by atoms with Gasteiger partial charge in [-0.05, 0) is 61.8 Å². The molecular weight excluding hydrogens is 511 g/mol. The molecule has 4 aliphatic rings. The Hall–Kier alpha value is -1.56. The molecule has 0 bridgehead atoms. The van der Waals surface area contributed by atoms with E-state index < -0.39 is 32.7 Å². The molecule has 1 heterocycles. The number of carbonyl (C=O) groups is 3. The molecule has 0 radical (unpaired) electrons. The Bertz CT molecular complexity index is 1140. The third-order valence-corrected chi connectivity index (χ3v) is 11.4. The molecule has 8 atom stereocenters. The summed E-state index contributed by atoms with van der Waals surface area (Å²) < 4.78 is 11.4. The monoisotopic (exact) mass is 538 g/mol. The smallest absolute Gasteiger partial charge is 0.375 e. The van der Waals surface area contributed by atoms with E-state index in [-0.39, 0.29) is 41.0 Å². The van der Waals surface area contributed by atoms with Crippen molar-refractivity contribution in [3.8, 4) is 0 Å². The molecule has 0 saturated heterocycles. The minimum absolute atomic E-state index is 0.0333. The molecule has 4 aliphatic carbocycles. The van der Waals surface area contributed by atoms with Crippen molar-refractivity contribution in [3.05, 3.63) is 48.0 Å². The van der Waals surface area contributed by atoms with Crippen LogP contribution in [0.3, 0.4) is 0 Å². The Morgan fingerprint density at radius 3 is 2.66 bits per heavy atom. The van der Waals surface area contributed by atoms with E-state index >= 15 is 0 Å². The Morgan fingerprint density at radius 2 is 2.00 bits per heavy atom. The van der Waals surface area contributed by atoms with E-state index in [1.165, 1.54) is 12.3 Å². The van der Waals surface area contributed by atoms with Gasteiger partial charge in [-0.3, -0.25) is 9.59 Å². The number of hydrogen-bond acceptors (Lipinski definition) is 5. The summed E-state index contributed by atoms with van der Waals surface area (Å²) in [7, 11) is 0. The van der Waals surface area contributed by atoms with E-state index in [9.17, 15) is 14.4 Å². The SMILES string of the molecule is C[C@@H]1CC2C3CCC4=CC(=O)C=C[C@]4(C)[C@@]3(Cl)C(Cl)C[C@]2(C)[C@@]1(OC(=O)c1ccco1)C(=O)CCl. The van der Waals surface area contributed by atoms with Gasteiger partial charge in [-0.15, -0.1) is 34.8 Å². The predicted molar refractivity (Wildman–Crippen MR) is 134 cm³/mol. The maximum Gasteiger partial charge on any atom is 0.375 e. The molecule has 5 nitrogen and oxygen atoms in total. The molecule has 35 heavy (non-hydrogen) atoms. The Morgan fingerprint density at radius 1 is 1.26 bits per heavy atom. The lowest BCUT2D eigenvalue weighted by Gasteiger charge is -2.64. The average Bonchev–Trinajstić information content (AvgIpc) is 3.42. The zero-order chi connectivity index (χ0) is 25.4. The third kappa shape index (κ3) is 3.10. The lowest BCUT2D eigenvalue weighted by atomic mass is 9.46. The molecule has 0 amide bonds. The second-order valence-corrected chi connectivity index (χ2v) is 12.4. The van der Waals surface area contributed by atoms with Crippen LogP contribution in [-0.2, 0) is 14.3 Å². The molecule has 0 N–H and O–H groups in total. The average molecular weight is 540 g/mol. The third-order valence-electron chi connectivity index (χ3n) is 9.65. The number of hydrogen-bond donors (Lipinski definition) is 0. The Balaban J connectivity index is 1.61. The quantitative estimate of drug-likeness (QED) is 0.341. The van der Waals surface area contributed by atoms with Crippen LogP contribution in [-0.4, -0.2) is 39.3 Å². The largest absolute Gasteiger partial charge is 0.457 e. The zero-order valence-corrected chi connectivity index (χ0v) is 22.3. The van der Waals surface area contributed by atoms with Crippen LogP contribution in [0.15, 0.2) is 46.6 Å². The van der Waals surface area contributed by atoms with Crippen LogP contribution in [0.4, 0.5) is 0 Å². The van der Waals surface area contributed by atoms with Crippen LogP contribution >= 0.6 is 34.8 Å². The normalized spacial score (nSPS) is 44.2. The molecule has 1 aromatic rings. The van der Waals surface area contributed by atoms with Crippen LogP contribution in [0.2, 0.25) is 0 Å². The van der Waals surface area contributed by atoms with Gasteiger partial charge in [0, 0.05) is 16.7 Å². The number of halogens is 3. The second kappa shape index (κ2) is 8.22. The van der Waals surface area contributed by atoms with Gasteiger partial charge in [0.2, 0.25) is 5.76 Å². The van der Waals surface area contributed by atoms with E-state index in [1.54, 1.807) is 18.2 Å². The fourth-order valence-electron chi connectivity index (χ4n) is 8.02. The van der Waals surface area contributed by atoms with Gasteiger partial charge in [0.25, 0.3) is 0 Å². The summed E-state index contributed by atoms with van der Waals surface area (Å²) in [6.45, 7) is 6.00. The van der Waals surface area contributed by atoms with E-state index in [2.05, 4.69) is 6.92 Å². The molecular formula is C27H29Cl3O5. The van der Waals surface area contributed by atoms with Crippen LogP contribution < -0.4 is 0 Å². The number of alkyl halides is 3. The minimum atomic E-state index is -1.45. The molecule has 3 saturated carbocycles. The first-order chi connectivity index (χ1) is 16.5. The van der Waals surface area contributed by atoms with Crippen LogP contribution in [0, 0.1) is 28.6 Å². The Kier molecular flexibility index (Phi) is 5.90. The van der Waals surface area contributed by atoms with Crippen LogP contribution in [0.25, 0.3) is 0 Å². The van der Waals surface area contributed by atoms with Gasteiger partial charge in [0.05, 0.1) is 22.4 Å². The highest BCUT2D eigenvalue weighted by Gasteiger charge is 2.76. The van der Waals surface area contributed by atoms with Crippen molar-refractivity contribution in [1.29, 1.82) is 0 Å². The highest BCUT2D eigenvalue weighted by atomic mass is 35.5. The van der Waals surface area contributed by atoms with Gasteiger partial charge in [0.15, 0.2) is 17.2 Å². The fraction of sp³-hybridized carbons (Fsp3) is 0.593. The first kappa shape index (κ1) is 25.1. The molecule has 0 aliphatic heterocycles. The zero-order valence-electron chi connectivity index (χ0n) is 20.0. The van der Waals surface area contributed by atoms with Gasteiger partial charge in [0.1, 0.15) is 0 Å². The second-order valence-electron chi connectivity index (χ2n) is 11.0. The maximum atomic E-state index is 13.6. The van der Waals surface area contributed by atoms with Gasteiger partial charge in [-0.2, -0.15) is 0 Å². The molecule has 3 unspecified atom stereocenters. The number of furan rings is 1. The van der Waals surface area contributed by atoms with Crippen molar-refractivity contribution < 1.29 is 23.5 Å². The maximum absolute atomic E-state index is 13.6. The number of ketones is 2. The van der Waals surface area contributed by atoms with E-state index in [0.29, 0.717) is 12.8 Å². The molecule has 0 aromatic carbocycles. The number of Topliss-reactive ketones (excluding diaryl/α,β-unsaturated/α-hetero) is 1. The summed E-state index contributed by atoms with van der Waals surface area (Å²) in [4.78, 5) is 38.0. The predicted octanol–water partition coefficient (Wildman–Crippen LogP) is 6.12. The van der Waals surface area contributed by atoms with Gasteiger partial charge < -0.3 is 9.15 Å². The number of rotatable bonds is 4. The number of carbonyl (C=O) groups excluding carboxylic acids is 3. The number of esters is 1. The van der Waals surface area contributed by atoms with Crippen molar-refractivity contribution in [2.75, 3.05) is 5.88 Å². The summed E-state index contributed by atoms with van der Waals surface area (Å²) in [5.41, 5.74) is -1.81. The van der Waals surface area contributed by atoms with Crippen molar-refractivity contribution in [2.24, 2.45) is 28.6 Å². The summed E-state index contributed by atoms with van der Waals surface area (Å²) in [6.07, 6.45) is 9.04. The topological polar surface area (TPSA) is 73.6 Å². The first-order valence-electron chi connectivity index (χ1n) is 12.1. The summed E-state index contributed by atoms with van der Waals surface area (Å²) in [5.74, 6) is -1.68. The first-order valence-corrected chi connectivity index (χ1v) is 13.4. The van der Waals surface area contributed by atoms with Gasteiger partial charge in [-0.25, -0.2) is 4.79 Å². The van der Waals surface area contributed by atoms with Gasteiger partial charge in [-0.1, -0.05) is 32.4 Å². The minimum Gasteiger partial charge on any atom is -0.457 e. The fourth-order valence-corrected chi connectivity index (χ4v) is 9.45. The molecule has 5 rings (SSSR count). The Labute approximate surface area is 220 Å². The summed E-state index contributed by atoms with van der Waals surface area (Å²) >= 11 is 20.9. The number of allylic oxidation sites excluding steroid dienone is 4. The lowest BCUT2D eigenvalue weighted by molar-refractivity contribution is -0.164. The van der Waals surface area contributed by atoms with E-state index in [4.69, 9.17) is 44.0 Å². The van der Waals surface area contributed by atoms with Gasteiger partial charge >= 0.3 is 5.97 Å². The highest BCUT2D eigenvalue weighted by Crippen LogP contribution is 2.73. The van der Waals surface area contributed by atoms with Crippen molar-refractivity contribution >= 4 is 52.3 Å². The molecule has 0 spiro atoms.